The van der Waals surface area contributed by atoms with E-state index < -0.39 is 0 Å². The molecule has 0 heterocycles. The summed E-state index contributed by atoms with van der Waals surface area (Å²) >= 11 is 0. The van der Waals surface area contributed by atoms with Gasteiger partial charge >= 0.3 is 0 Å². The molecule has 4 atom stereocenters. The quantitative estimate of drug-likeness (QED) is 0.802. The van der Waals surface area contributed by atoms with Crippen LogP contribution in [0.1, 0.15) is 64.7 Å². The minimum absolute atomic E-state index is 0.192. The average Bonchev–Trinajstić information content (AvgIpc) is 2.86. The highest BCUT2D eigenvalue weighted by Crippen LogP contribution is 2.58. The SMILES string of the molecule is C=C1CC[C@@H](O)C/C1=C/C=C1\CCC[C@]2(C)[C@@H](CCO)CC[C@@H]12. The third-order valence-corrected chi connectivity index (χ3v) is 6.83. The Morgan fingerprint density at radius 1 is 1.22 bits per heavy atom. The molecule has 0 aromatic heterocycles. The molecule has 0 aromatic rings. The summed E-state index contributed by atoms with van der Waals surface area (Å²) in [6.07, 6.45) is 14.2. The summed E-state index contributed by atoms with van der Waals surface area (Å²) in [5.41, 5.74) is 4.43. The summed E-state index contributed by atoms with van der Waals surface area (Å²) in [6.45, 7) is 6.95. The second-order valence-electron chi connectivity index (χ2n) is 8.13. The van der Waals surface area contributed by atoms with Crippen LogP contribution in [0.25, 0.3) is 0 Å². The molecule has 0 amide bonds. The Bertz CT molecular complexity index is 516. The van der Waals surface area contributed by atoms with Crippen molar-refractivity contribution in [3.8, 4) is 0 Å². The Labute approximate surface area is 141 Å². The maximum absolute atomic E-state index is 9.89. The van der Waals surface area contributed by atoms with Crippen LogP contribution >= 0.6 is 0 Å². The van der Waals surface area contributed by atoms with Crippen LogP contribution < -0.4 is 0 Å². The van der Waals surface area contributed by atoms with Crippen molar-refractivity contribution in [1.82, 2.24) is 0 Å². The Morgan fingerprint density at radius 3 is 2.83 bits per heavy atom. The van der Waals surface area contributed by atoms with E-state index in [0.717, 1.165) is 25.7 Å². The summed E-state index contributed by atoms with van der Waals surface area (Å²) in [6, 6.07) is 0. The first-order chi connectivity index (χ1) is 11.0. The van der Waals surface area contributed by atoms with Crippen molar-refractivity contribution in [3.05, 3.63) is 35.5 Å². The Balaban J connectivity index is 1.79. The van der Waals surface area contributed by atoms with Crippen molar-refractivity contribution in [2.45, 2.75) is 70.8 Å². The first kappa shape index (κ1) is 17.0. The smallest absolute Gasteiger partial charge is 0.0583 e. The molecule has 0 aliphatic heterocycles. The molecule has 2 N–H and O–H groups in total. The minimum Gasteiger partial charge on any atom is -0.396 e. The molecule has 0 saturated heterocycles. The van der Waals surface area contributed by atoms with Gasteiger partial charge < -0.3 is 10.2 Å². The molecule has 0 radical (unpaired) electrons. The minimum atomic E-state index is -0.192. The largest absolute Gasteiger partial charge is 0.396 e. The van der Waals surface area contributed by atoms with Crippen LogP contribution in [0, 0.1) is 17.3 Å². The van der Waals surface area contributed by atoms with Crippen LogP contribution in [0.2, 0.25) is 0 Å². The zero-order chi connectivity index (χ0) is 16.4. The molecule has 0 aromatic carbocycles. The molecule has 128 valence electrons. The molecule has 0 bridgehead atoms. The third-order valence-electron chi connectivity index (χ3n) is 6.83. The van der Waals surface area contributed by atoms with Gasteiger partial charge in [-0.05, 0) is 80.6 Å². The summed E-state index contributed by atoms with van der Waals surface area (Å²) in [5.74, 6) is 1.37. The van der Waals surface area contributed by atoms with Crippen molar-refractivity contribution in [2.24, 2.45) is 17.3 Å². The van der Waals surface area contributed by atoms with E-state index in [-0.39, 0.29) is 6.10 Å². The van der Waals surface area contributed by atoms with Gasteiger partial charge in [-0.25, -0.2) is 0 Å². The molecule has 0 unspecified atom stereocenters. The first-order valence-corrected chi connectivity index (χ1v) is 9.41. The van der Waals surface area contributed by atoms with Crippen LogP contribution in [0.4, 0.5) is 0 Å². The molecular weight excluding hydrogens is 284 g/mol. The summed E-state index contributed by atoms with van der Waals surface area (Å²) in [5, 5.41) is 19.3. The number of rotatable bonds is 3. The van der Waals surface area contributed by atoms with Gasteiger partial charge in [0.1, 0.15) is 0 Å². The lowest BCUT2D eigenvalue weighted by Gasteiger charge is -2.42. The molecule has 3 aliphatic rings. The summed E-state index contributed by atoms with van der Waals surface area (Å²) < 4.78 is 0. The summed E-state index contributed by atoms with van der Waals surface area (Å²) in [7, 11) is 0. The van der Waals surface area contributed by atoms with Crippen molar-refractivity contribution < 1.29 is 10.2 Å². The predicted octanol–water partition coefficient (Wildman–Crippen LogP) is 4.54. The van der Waals surface area contributed by atoms with Gasteiger partial charge in [-0.1, -0.05) is 36.8 Å². The average molecular weight is 316 g/mol. The first-order valence-electron chi connectivity index (χ1n) is 9.41. The second-order valence-corrected chi connectivity index (χ2v) is 8.13. The Morgan fingerprint density at radius 2 is 2.04 bits per heavy atom. The van der Waals surface area contributed by atoms with Gasteiger partial charge in [-0.3, -0.25) is 0 Å². The van der Waals surface area contributed by atoms with Crippen LogP contribution in [-0.2, 0) is 0 Å². The normalized spacial score (nSPS) is 41.5. The van der Waals surface area contributed by atoms with Gasteiger partial charge in [0, 0.05) is 6.61 Å². The number of hydrogen-bond acceptors (Lipinski definition) is 2. The highest BCUT2D eigenvalue weighted by atomic mass is 16.3. The molecule has 3 saturated carbocycles. The van der Waals surface area contributed by atoms with Gasteiger partial charge in [-0.15, -0.1) is 0 Å². The van der Waals surface area contributed by atoms with Gasteiger partial charge in [0.15, 0.2) is 0 Å². The van der Waals surface area contributed by atoms with E-state index in [1.165, 1.54) is 43.3 Å². The van der Waals surface area contributed by atoms with Crippen molar-refractivity contribution in [2.75, 3.05) is 6.61 Å². The lowest BCUT2D eigenvalue weighted by atomic mass is 9.63. The van der Waals surface area contributed by atoms with Crippen molar-refractivity contribution >= 4 is 0 Å². The topological polar surface area (TPSA) is 40.5 Å². The maximum atomic E-state index is 9.89. The number of allylic oxidation sites excluding steroid dienone is 4. The van der Waals surface area contributed by atoms with E-state index in [0.29, 0.717) is 23.9 Å². The predicted molar refractivity (Wildman–Crippen MR) is 95.0 cm³/mol. The third kappa shape index (κ3) is 3.34. The van der Waals surface area contributed by atoms with E-state index >= 15 is 0 Å². The number of fused-ring (bicyclic) bond motifs is 1. The van der Waals surface area contributed by atoms with Crippen LogP contribution in [-0.4, -0.2) is 22.9 Å². The van der Waals surface area contributed by atoms with Gasteiger partial charge in [0.25, 0.3) is 0 Å². The van der Waals surface area contributed by atoms with Gasteiger partial charge in [0.05, 0.1) is 6.10 Å². The maximum Gasteiger partial charge on any atom is 0.0583 e. The number of aliphatic hydroxyl groups excluding tert-OH is 2. The molecule has 23 heavy (non-hydrogen) atoms. The fourth-order valence-corrected chi connectivity index (χ4v) is 5.37. The lowest BCUT2D eigenvalue weighted by molar-refractivity contribution is 0.111. The fraction of sp³-hybridized carbons (Fsp3) is 0.714. The highest BCUT2D eigenvalue weighted by Gasteiger charge is 2.48. The van der Waals surface area contributed by atoms with Gasteiger partial charge in [-0.2, -0.15) is 0 Å². The zero-order valence-electron chi connectivity index (χ0n) is 14.6. The van der Waals surface area contributed by atoms with Crippen LogP contribution in [0.15, 0.2) is 35.5 Å². The number of hydrogen-bond donors (Lipinski definition) is 2. The monoisotopic (exact) mass is 316 g/mol. The Hall–Kier alpha value is -0.860. The Kier molecular flexibility index (Phi) is 5.13. The summed E-state index contributed by atoms with van der Waals surface area (Å²) in [4.78, 5) is 0. The highest BCUT2D eigenvalue weighted by molar-refractivity contribution is 5.36. The molecule has 3 aliphatic carbocycles. The molecular formula is C21H32O2. The van der Waals surface area contributed by atoms with E-state index in [9.17, 15) is 10.2 Å². The molecule has 3 fully saturated rings. The van der Waals surface area contributed by atoms with Crippen molar-refractivity contribution in [3.63, 3.8) is 0 Å². The molecule has 0 spiro atoms. The molecule has 3 rings (SSSR count). The zero-order valence-corrected chi connectivity index (χ0v) is 14.6. The standard InChI is InChI=1S/C21H32O2/c1-15-5-9-19(23)14-17(15)7-6-16-4-3-12-21(2)18(11-13-22)8-10-20(16)21/h6-7,18-20,22-23H,1,3-5,8-14H2,2H3/b16-6+,17-7-/t18-,19-,20+,21-/m1/s1. The van der Waals surface area contributed by atoms with Gasteiger partial charge in [0.2, 0.25) is 0 Å². The number of aliphatic hydroxyl groups is 2. The van der Waals surface area contributed by atoms with Crippen LogP contribution in [0.5, 0.6) is 0 Å². The fourth-order valence-electron chi connectivity index (χ4n) is 5.37. The van der Waals surface area contributed by atoms with Crippen molar-refractivity contribution in [1.29, 1.82) is 0 Å². The van der Waals surface area contributed by atoms with E-state index in [2.05, 4.69) is 25.7 Å². The second kappa shape index (κ2) is 6.94. The van der Waals surface area contributed by atoms with E-state index in [4.69, 9.17) is 0 Å². The van der Waals surface area contributed by atoms with E-state index in [1.807, 2.05) is 0 Å². The molecule has 2 nitrogen and oxygen atoms in total. The van der Waals surface area contributed by atoms with Crippen LogP contribution in [0.3, 0.4) is 0 Å². The van der Waals surface area contributed by atoms with E-state index in [1.54, 1.807) is 5.57 Å². The lowest BCUT2D eigenvalue weighted by Crippen LogP contribution is -2.33. The molecule has 2 heteroatoms.